The molecule has 0 radical (unpaired) electrons. The van der Waals surface area contributed by atoms with Crippen LogP contribution in [0, 0.1) is 13.8 Å². The van der Waals surface area contributed by atoms with E-state index in [0.717, 1.165) is 12.8 Å². The van der Waals surface area contributed by atoms with Crippen LogP contribution in [-0.2, 0) is 4.79 Å². The lowest BCUT2D eigenvalue weighted by Crippen LogP contribution is -2.52. The number of carboxylic acid groups (broad SMARTS) is 1. The van der Waals surface area contributed by atoms with Crippen molar-refractivity contribution in [2.45, 2.75) is 50.1 Å². The first-order chi connectivity index (χ1) is 9.89. The maximum atomic E-state index is 12.6. The van der Waals surface area contributed by atoms with Gasteiger partial charge in [-0.05, 0) is 32.9 Å². The zero-order chi connectivity index (χ0) is 15.6. The predicted octanol–water partition coefficient (Wildman–Crippen LogP) is 1.94. The third-order valence-electron chi connectivity index (χ3n) is 3.81. The van der Waals surface area contributed by atoms with Crippen molar-refractivity contribution in [2.75, 3.05) is 6.26 Å². The number of hydrogen-bond acceptors (Lipinski definition) is 5. The molecule has 0 atom stereocenters. The Bertz CT molecular complexity index is 583. The summed E-state index contributed by atoms with van der Waals surface area (Å²) in [6, 6.07) is 0. The topological polar surface area (TPSA) is 92.2 Å². The lowest BCUT2D eigenvalue weighted by molar-refractivity contribution is -0.144. The molecule has 1 aromatic rings. The molecule has 0 unspecified atom stereocenters. The molecule has 114 valence electrons. The summed E-state index contributed by atoms with van der Waals surface area (Å²) in [4.78, 5) is 32.6. The van der Waals surface area contributed by atoms with E-state index >= 15 is 0 Å². The average Bonchev–Trinajstić information content (AvgIpc) is 2.87. The number of thioether (sulfide) groups is 1. The van der Waals surface area contributed by atoms with Crippen molar-refractivity contribution in [1.82, 2.24) is 15.3 Å². The van der Waals surface area contributed by atoms with Crippen LogP contribution >= 0.6 is 11.8 Å². The lowest BCUT2D eigenvalue weighted by Gasteiger charge is -2.26. The van der Waals surface area contributed by atoms with E-state index in [4.69, 9.17) is 0 Å². The summed E-state index contributed by atoms with van der Waals surface area (Å²) in [7, 11) is 0. The number of aromatic nitrogens is 2. The first-order valence-electron chi connectivity index (χ1n) is 6.85. The van der Waals surface area contributed by atoms with Crippen LogP contribution in [0.3, 0.4) is 0 Å². The highest BCUT2D eigenvalue weighted by Crippen LogP contribution is 2.31. The number of aliphatic carboxylic acids is 1. The van der Waals surface area contributed by atoms with E-state index in [2.05, 4.69) is 15.3 Å². The van der Waals surface area contributed by atoms with Crippen LogP contribution in [0.15, 0.2) is 5.03 Å². The fourth-order valence-electron chi connectivity index (χ4n) is 2.74. The third-order valence-corrected chi connectivity index (χ3v) is 4.49. The van der Waals surface area contributed by atoms with Crippen LogP contribution in [0.4, 0.5) is 0 Å². The fraction of sp³-hybridized carbons (Fsp3) is 0.571. The summed E-state index contributed by atoms with van der Waals surface area (Å²) in [5.74, 6) is -0.770. The van der Waals surface area contributed by atoms with E-state index in [1.807, 2.05) is 6.26 Å². The van der Waals surface area contributed by atoms with Crippen molar-refractivity contribution in [1.29, 1.82) is 0 Å². The Morgan fingerprint density at radius 1 is 1.24 bits per heavy atom. The van der Waals surface area contributed by atoms with E-state index in [-0.39, 0.29) is 0 Å². The molecule has 1 aliphatic rings. The summed E-state index contributed by atoms with van der Waals surface area (Å²) in [5.41, 5.74) is -0.201. The minimum Gasteiger partial charge on any atom is -0.480 e. The van der Waals surface area contributed by atoms with Gasteiger partial charge in [0.2, 0.25) is 0 Å². The molecule has 2 rings (SSSR count). The van der Waals surface area contributed by atoms with E-state index in [1.54, 1.807) is 13.8 Å². The van der Waals surface area contributed by atoms with Crippen molar-refractivity contribution >= 4 is 23.6 Å². The number of nitrogens with one attached hydrogen (secondary N) is 1. The van der Waals surface area contributed by atoms with Crippen LogP contribution in [0.25, 0.3) is 0 Å². The van der Waals surface area contributed by atoms with Crippen molar-refractivity contribution in [3.63, 3.8) is 0 Å². The Hall–Kier alpha value is -1.63. The summed E-state index contributed by atoms with van der Waals surface area (Å²) in [5, 5.41) is 12.7. The molecule has 1 saturated carbocycles. The molecule has 0 saturated heterocycles. The smallest absolute Gasteiger partial charge is 0.329 e. The number of rotatable bonds is 4. The molecule has 2 N–H and O–H groups in total. The number of carboxylic acids is 1. The largest absolute Gasteiger partial charge is 0.480 e. The van der Waals surface area contributed by atoms with Crippen LogP contribution in [-0.4, -0.2) is 38.7 Å². The van der Waals surface area contributed by atoms with Gasteiger partial charge in [0.25, 0.3) is 5.91 Å². The molecule has 1 aromatic heterocycles. The normalized spacial score (nSPS) is 16.7. The standard InChI is InChI=1S/C14H19N3O3S/c1-8-10(12(21-3)16-9(2)15-8)11(18)17-14(13(19)20)6-4-5-7-14/h4-7H2,1-3H3,(H,17,18)(H,19,20). The zero-order valence-corrected chi connectivity index (χ0v) is 13.2. The second-order valence-corrected chi connectivity index (χ2v) is 6.08. The maximum absolute atomic E-state index is 12.6. The van der Waals surface area contributed by atoms with Gasteiger partial charge in [0, 0.05) is 0 Å². The van der Waals surface area contributed by atoms with E-state index in [1.165, 1.54) is 11.8 Å². The van der Waals surface area contributed by atoms with Gasteiger partial charge >= 0.3 is 5.97 Å². The molecule has 1 heterocycles. The van der Waals surface area contributed by atoms with Gasteiger partial charge in [-0.1, -0.05) is 12.8 Å². The van der Waals surface area contributed by atoms with Gasteiger partial charge in [0.15, 0.2) is 0 Å². The van der Waals surface area contributed by atoms with Crippen molar-refractivity contribution in [3.05, 3.63) is 17.1 Å². The molecule has 1 aliphatic carbocycles. The Morgan fingerprint density at radius 2 is 1.86 bits per heavy atom. The quantitative estimate of drug-likeness (QED) is 0.652. The number of carbonyl (C=O) groups excluding carboxylic acids is 1. The van der Waals surface area contributed by atoms with Crippen LogP contribution in [0.2, 0.25) is 0 Å². The average molecular weight is 309 g/mol. The lowest BCUT2D eigenvalue weighted by atomic mass is 9.97. The highest BCUT2D eigenvalue weighted by molar-refractivity contribution is 7.98. The summed E-state index contributed by atoms with van der Waals surface area (Å²) in [6.45, 7) is 3.51. The Labute approximate surface area is 127 Å². The van der Waals surface area contributed by atoms with Crippen molar-refractivity contribution in [3.8, 4) is 0 Å². The fourth-order valence-corrected chi connectivity index (χ4v) is 3.41. The van der Waals surface area contributed by atoms with E-state index in [0.29, 0.717) is 34.9 Å². The minimum atomic E-state index is -1.15. The number of aryl methyl sites for hydroxylation is 2. The molecule has 0 spiro atoms. The Morgan fingerprint density at radius 3 is 2.38 bits per heavy atom. The SMILES string of the molecule is CSc1nc(C)nc(C)c1C(=O)NC1(C(=O)O)CCCC1. The highest BCUT2D eigenvalue weighted by Gasteiger charge is 2.43. The summed E-state index contributed by atoms with van der Waals surface area (Å²) >= 11 is 1.36. The summed E-state index contributed by atoms with van der Waals surface area (Å²) in [6.07, 6.45) is 4.39. The van der Waals surface area contributed by atoms with Crippen LogP contribution < -0.4 is 5.32 Å². The number of amides is 1. The van der Waals surface area contributed by atoms with Crippen molar-refractivity contribution in [2.24, 2.45) is 0 Å². The second kappa shape index (κ2) is 6.01. The molecule has 0 bridgehead atoms. The predicted molar refractivity (Wildman–Crippen MR) is 79.6 cm³/mol. The van der Waals surface area contributed by atoms with Crippen LogP contribution in [0.5, 0.6) is 0 Å². The first-order valence-corrected chi connectivity index (χ1v) is 8.07. The van der Waals surface area contributed by atoms with Gasteiger partial charge < -0.3 is 10.4 Å². The molecule has 7 heteroatoms. The van der Waals surface area contributed by atoms with Gasteiger partial charge in [-0.3, -0.25) is 4.79 Å². The Kier molecular flexibility index (Phi) is 4.51. The first kappa shape index (κ1) is 15.8. The highest BCUT2D eigenvalue weighted by atomic mass is 32.2. The van der Waals surface area contributed by atoms with E-state index < -0.39 is 17.4 Å². The zero-order valence-electron chi connectivity index (χ0n) is 12.4. The molecular weight excluding hydrogens is 290 g/mol. The molecule has 1 fully saturated rings. The van der Waals surface area contributed by atoms with Gasteiger partial charge in [-0.2, -0.15) is 0 Å². The third kappa shape index (κ3) is 3.02. The monoisotopic (exact) mass is 309 g/mol. The molecule has 0 aromatic carbocycles. The molecular formula is C14H19N3O3S. The Balaban J connectivity index is 2.34. The van der Waals surface area contributed by atoms with E-state index in [9.17, 15) is 14.7 Å². The number of carbonyl (C=O) groups is 2. The maximum Gasteiger partial charge on any atom is 0.329 e. The molecule has 1 amide bonds. The minimum absolute atomic E-state index is 0.376. The molecule has 6 nitrogen and oxygen atoms in total. The second-order valence-electron chi connectivity index (χ2n) is 5.29. The van der Waals surface area contributed by atoms with Gasteiger partial charge in [0.1, 0.15) is 16.4 Å². The number of hydrogen-bond donors (Lipinski definition) is 2. The molecule has 21 heavy (non-hydrogen) atoms. The number of nitrogens with zero attached hydrogens (tertiary/aromatic N) is 2. The van der Waals surface area contributed by atoms with Gasteiger partial charge in [-0.25, -0.2) is 14.8 Å². The van der Waals surface area contributed by atoms with Crippen LogP contribution in [0.1, 0.15) is 47.6 Å². The van der Waals surface area contributed by atoms with Crippen molar-refractivity contribution < 1.29 is 14.7 Å². The molecule has 0 aliphatic heterocycles. The van der Waals surface area contributed by atoms with Gasteiger partial charge in [0.05, 0.1) is 11.3 Å². The van der Waals surface area contributed by atoms with Gasteiger partial charge in [-0.15, -0.1) is 11.8 Å². The summed E-state index contributed by atoms with van der Waals surface area (Å²) < 4.78 is 0.